The van der Waals surface area contributed by atoms with Crippen LogP contribution in [-0.4, -0.2) is 35.9 Å². The van der Waals surface area contributed by atoms with E-state index in [-0.39, 0.29) is 30.8 Å². The molecule has 2 aromatic carbocycles. The maximum absolute atomic E-state index is 13.2. The van der Waals surface area contributed by atoms with Crippen molar-refractivity contribution in [1.82, 2.24) is 10.2 Å². The Balaban J connectivity index is 2.15. The summed E-state index contributed by atoms with van der Waals surface area (Å²) in [7, 11) is 0. The van der Waals surface area contributed by atoms with Crippen LogP contribution in [0.25, 0.3) is 0 Å². The fraction of sp³-hybridized carbons (Fsp3) is 0.300. The monoisotopic (exact) mass is 470 g/mol. The van der Waals surface area contributed by atoms with Gasteiger partial charge in [0.1, 0.15) is 17.6 Å². The van der Waals surface area contributed by atoms with E-state index in [4.69, 9.17) is 16.3 Å². The van der Waals surface area contributed by atoms with E-state index < -0.39 is 6.04 Å². The molecule has 2 amide bonds. The van der Waals surface area contributed by atoms with Gasteiger partial charge in [-0.25, -0.2) is 4.39 Å². The Morgan fingerprint density at radius 3 is 2.54 bits per heavy atom. The van der Waals surface area contributed by atoms with Crippen molar-refractivity contribution < 1.29 is 18.7 Å². The highest BCUT2D eigenvalue weighted by Crippen LogP contribution is 2.28. The molecule has 0 unspecified atom stereocenters. The van der Waals surface area contributed by atoms with Crippen LogP contribution in [0.1, 0.15) is 19.4 Å². The van der Waals surface area contributed by atoms with Crippen molar-refractivity contribution in [2.45, 2.75) is 26.4 Å². The van der Waals surface area contributed by atoms with Gasteiger partial charge in [-0.05, 0) is 65.7 Å². The molecule has 0 saturated carbocycles. The molecule has 0 aromatic heterocycles. The summed E-state index contributed by atoms with van der Waals surface area (Å²) in [5, 5.41) is 3.24. The van der Waals surface area contributed by atoms with Crippen molar-refractivity contribution in [3.05, 3.63) is 63.3 Å². The van der Waals surface area contributed by atoms with Gasteiger partial charge in [0.15, 0.2) is 6.61 Å². The van der Waals surface area contributed by atoms with E-state index in [2.05, 4.69) is 21.2 Å². The fourth-order valence-electron chi connectivity index (χ4n) is 2.51. The van der Waals surface area contributed by atoms with E-state index in [0.717, 1.165) is 0 Å². The van der Waals surface area contributed by atoms with Gasteiger partial charge >= 0.3 is 0 Å². The molecule has 2 aromatic rings. The van der Waals surface area contributed by atoms with Crippen LogP contribution in [-0.2, 0) is 16.1 Å². The second kappa shape index (κ2) is 10.4. The standard InChI is InChI=1S/C20H21BrClFN2O3/c1-3-24-20(27)13(2)25(11-14-4-7-16(23)8-5-14)19(26)12-28-18-9-6-15(22)10-17(18)21/h4-10,13H,3,11-12H2,1-2H3,(H,24,27)/t13-/m1/s1. The van der Waals surface area contributed by atoms with E-state index in [1.807, 2.05) is 0 Å². The number of likely N-dealkylation sites (N-methyl/N-ethyl adjacent to an activating group) is 1. The van der Waals surface area contributed by atoms with Crippen molar-refractivity contribution in [3.8, 4) is 5.75 Å². The first kappa shape index (κ1) is 22.2. The number of halogens is 3. The lowest BCUT2D eigenvalue weighted by atomic mass is 10.1. The van der Waals surface area contributed by atoms with Crippen LogP contribution < -0.4 is 10.1 Å². The Labute approximate surface area is 176 Å². The Bertz CT molecular complexity index is 833. The van der Waals surface area contributed by atoms with Crippen molar-refractivity contribution in [2.24, 2.45) is 0 Å². The highest BCUT2D eigenvalue weighted by Gasteiger charge is 2.26. The Morgan fingerprint density at radius 1 is 1.25 bits per heavy atom. The lowest BCUT2D eigenvalue weighted by Crippen LogP contribution is -2.49. The Kier molecular flexibility index (Phi) is 8.26. The van der Waals surface area contributed by atoms with Crippen molar-refractivity contribution >= 4 is 39.3 Å². The number of ether oxygens (including phenoxy) is 1. The van der Waals surface area contributed by atoms with Gasteiger partial charge in [0.2, 0.25) is 5.91 Å². The van der Waals surface area contributed by atoms with Crippen molar-refractivity contribution in [2.75, 3.05) is 13.2 Å². The summed E-state index contributed by atoms with van der Waals surface area (Å²) >= 11 is 9.24. The average molecular weight is 472 g/mol. The summed E-state index contributed by atoms with van der Waals surface area (Å²) in [5.74, 6) is -0.546. The van der Waals surface area contributed by atoms with Gasteiger partial charge in [-0.3, -0.25) is 9.59 Å². The molecule has 0 aliphatic rings. The summed E-state index contributed by atoms with van der Waals surface area (Å²) < 4.78 is 19.4. The molecule has 0 bridgehead atoms. The van der Waals surface area contributed by atoms with Gasteiger partial charge in [-0.1, -0.05) is 23.7 Å². The van der Waals surface area contributed by atoms with Crippen molar-refractivity contribution in [3.63, 3.8) is 0 Å². The van der Waals surface area contributed by atoms with Crippen LogP contribution in [0.2, 0.25) is 5.02 Å². The molecule has 0 saturated heterocycles. The van der Waals surface area contributed by atoms with Crippen LogP contribution in [0.3, 0.4) is 0 Å². The molecule has 0 spiro atoms. The molecule has 2 rings (SSSR count). The second-order valence-electron chi connectivity index (χ2n) is 6.08. The predicted octanol–water partition coefficient (Wildman–Crippen LogP) is 4.17. The molecule has 0 aliphatic carbocycles. The van der Waals surface area contributed by atoms with Gasteiger partial charge in [0.05, 0.1) is 4.47 Å². The van der Waals surface area contributed by atoms with Gasteiger partial charge in [-0.2, -0.15) is 0 Å². The number of nitrogens with zero attached hydrogens (tertiary/aromatic N) is 1. The molecule has 8 heteroatoms. The minimum atomic E-state index is -0.713. The van der Waals surface area contributed by atoms with Gasteiger partial charge in [-0.15, -0.1) is 0 Å². The Hall–Kier alpha value is -2.12. The zero-order valence-corrected chi connectivity index (χ0v) is 17.9. The van der Waals surface area contributed by atoms with E-state index >= 15 is 0 Å². The highest BCUT2D eigenvalue weighted by atomic mass is 79.9. The predicted molar refractivity (Wildman–Crippen MR) is 110 cm³/mol. The summed E-state index contributed by atoms with van der Waals surface area (Å²) in [5.41, 5.74) is 0.707. The third-order valence-corrected chi connectivity index (χ3v) is 4.88. The van der Waals surface area contributed by atoms with E-state index in [0.29, 0.717) is 27.4 Å². The number of hydrogen-bond acceptors (Lipinski definition) is 3. The number of carbonyl (C=O) groups is 2. The molecule has 150 valence electrons. The Morgan fingerprint density at radius 2 is 1.93 bits per heavy atom. The number of rotatable bonds is 8. The summed E-state index contributed by atoms with van der Waals surface area (Å²) in [6.07, 6.45) is 0. The summed E-state index contributed by atoms with van der Waals surface area (Å²) in [4.78, 5) is 26.5. The summed E-state index contributed by atoms with van der Waals surface area (Å²) in [6.45, 7) is 3.80. The number of benzene rings is 2. The number of hydrogen-bond donors (Lipinski definition) is 1. The maximum atomic E-state index is 13.2. The largest absolute Gasteiger partial charge is 0.483 e. The zero-order valence-electron chi connectivity index (χ0n) is 15.5. The second-order valence-corrected chi connectivity index (χ2v) is 7.37. The highest BCUT2D eigenvalue weighted by molar-refractivity contribution is 9.10. The molecule has 1 N–H and O–H groups in total. The van der Waals surface area contributed by atoms with Crippen LogP contribution in [0, 0.1) is 5.82 Å². The molecular weight excluding hydrogens is 451 g/mol. The molecule has 0 heterocycles. The molecule has 28 heavy (non-hydrogen) atoms. The van der Waals surface area contributed by atoms with E-state index in [1.54, 1.807) is 44.2 Å². The van der Waals surface area contributed by atoms with Crippen LogP contribution in [0.5, 0.6) is 5.75 Å². The quantitative estimate of drug-likeness (QED) is 0.628. The molecule has 5 nitrogen and oxygen atoms in total. The molecule has 0 aliphatic heterocycles. The van der Waals surface area contributed by atoms with Gasteiger partial charge in [0.25, 0.3) is 5.91 Å². The number of amides is 2. The third kappa shape index (κ3) is 6.21. The molecule has 0 fully saturated rings. The molecule has 0 radical (unpaired) electrons. The number of nitrogens with one attached hydrogen (secondary N) is 1. The lowest BCUT2D eigenvalue weighted by Gasteiger charge is -2.28. The third-order valence-electron chi connectivity index (χ3n) is 4.03. The average Bonchev–Trinajstić information content (AvgIpc) is 2.66. The van der Waals surface area contributed by atoms with E-state index in [9.17, 15) is 14.0 Å². The minimum Gasteiger partial charge on any atom is -0.483 e. The van der Waals surface area contributed by atoms with E-state index in [1.165, 1.54) is 17.0 Å². The van der Waals surface area contributed by atoms with Crippen LogP contribution in [0.15, 0.2) is 46.9 Å². The summed E-state index contributed by atoms with van der Waals surface area (Å²) in [6, 6.07) is 10.0. The normalized spacial score (nSPS) is 11.6. The maximum Gasteiger partial charge on any atom is 0.261 e. The topological polar surface area (TPSA) is 58.6 Å². The van der Waals surface area contributed by atoms with Crippen LogP contribution >= 0.6 is 27.5 Å². The fourth-order valence-corrected chi connectivity index (χ4v) is 3.30. The van der Waals surface area contributed by atoms with Gasteiger partial charge in [0, 0.05) is 18.1 Å². The smallest absolute Gasteiger partial charge is 0.261 e. The lowest BCUT2D eigenvalue weighted by molar-refractivity contribution is -0.142. The van der Waals surface area contributed by atoms with Crippen LogP contribution in [0.4, 0.5) is 4.39 Å². The SMILES string of the molecule is CCNC(=O)[C@@H](C)N(Cc1ccc(F)cc1)C(=O)COc1ccc(Cl)cc1Br. The first-order chi connectivity index (χ1) is 13.3. The minimum absolute atomic E-state index is 0.155. The first-order valence-corrected chi connectivity index (χ1v) is 9.88. The van der Waals surface area contributed by atoms with Crippen molar-refractivity contribution in [1.29, 1.82) is 0 Å². The number of carbonyl (C=O) groups excluding carboxylic acids is 2. The van der Waals surface area contributed by atoms with Gasteiger partial charge < -0.3 is 15.0 Å². The molecular formula is C20H21BrClFN2O3. The first-order valence-electron chi connectivity index (χ1n) is 8.71. The molecule has 1 atom stereocenters. The zero-order chi connectivity index (χ0) is 20.7.